The summed E-state index contributed by atoms with van der Waals surface area (Å²) in [5, 5.41) is 12.3. The molecule has 0 saturated heterocycles. The van der Waals surface area contributed by atoms with Crippen LogP contribution in [0.15, 0.2) is 72.8 Å². The molecule has 0 spiro atoms. The maximum Gasteiger partial charge on any atom is 0.349 e. The quantitative estimate of drug-likeness (QED) is 0.292. The SMILES string of the molecule is CCOC(=O)c1cccc(NC(=O)[C@H](OC(=O)c2ccc(C)cc2)[C@H](OC(=O)c2ccc(C)cc2)C(=O)O)c1. The van der Waals surface area contributed by atoms with E-state index >= 15 is 0 Å². The van der Waals surface area contributed by atoms with E-state index in [1.165, 1.54) is 48.5 Å². The number of esters is 3. The summed E-state index contributed by atoms with van der Waals surface area (Å²) in [5.41, 5.74) is 2.03. The summed E-state index contributed by atoms with van der Waals surface area (Å²) in [7, 11) is 0. The first-order valence-corrected chi connectivity index (χ1v) is 11.9. The van der Waals surface area contributed by atoms with Gasteiger partial charge in [0.15, 0.2) is 0 Å². The molecule has 3 aromatic carbocycles. The number of anilines is 1. The molecule has 0 bridgehead atoms. The highest BCUT2D eigenvalue weighted by Crippen LogP contribution is 2.18. The first kappa shape index (κ1) is 28.6. The zero-order valence-electron chi connectivity index (χ0n) is 21.5. The minimum absolute atomic E-state index is 0.0398. The van der Waals surface area contributed by atoms with Gasteiger partial charge in [-0.1, -0.05) is 41.5 Å². The van der Waals surface area contributed by atoms with Gasteiger partial charge in [0, 0.05) is 5.69 Å². The summed E-state index contributed by atoms with van der Waals surface area (Å²) in [5.74, 6) is -5.48. The molecule has 0 aromatic heterocycles. The zero-order chi connectivity index (χ0) is 28.5. The Hall–Kier alpha value is -4.99. The number of rotatable bonds is 10. The van der Waals surface area contributed by atoms with Crippen molar-refractivity contribution in [2.24, 2.45) is 0 Å². The van der Waals surface area contributed by atoms with E-state index in [9.17, 15) is 29.1 Å². The van der Waals surface area contributed by atoms with Gasteiger partial charge in [-0.15, -0.1) is 0 Å². The predicted molar refractivity (Wildman–Crippen MR) is 139 cm³/mol. The lowest BCUT2D eigenvalue weighted by Gasteiger charge is -2.23. The number of carboxylic acids is 1. The second-order valence-corrected chi connectivity index (χ2v) is 8.51. The number of aryl methyl sites for hydroxylation is 2. The first-order valence-electron chi connectivity index (χ1n) is 11.9. The molecule has 1 amide bonds. The van der Waals surface area contributed by atoms with Crippen LogP contribution >= 0.6 is 0 Å². The van der Waals surface area contributed by atoms with Crippen LogP contribution in [0, 0.1) is 13.8 Å². The average Bonchev–Trinajstić information content (AvgIpc) is 2.91. The van der Waals surface area contributed by atoms with Crippen LogP contribution in [0.2, 0.25) is 0 Å². The molecule has 202 valence electrons. The third kappa shape index (κ3) is 7.75. The molecule has 0 heterocycles. The molecule has 10 heteroatoms. The van der Waals surface area contributed by atoms with E-state index in [4.69, 9.17) is 14.2 Å². The number of nitrogens with one attached hydrogen (secondary N) is 1. The van der Waals surface area contributed by atoms with Gasteiger partial charge in [0.1, 0.15) is 0 Å². The van der Waals surface area contributed by atoms with Crippen molar-refractivity contribution in [2.75, 3.05) is 11.9 Å². The molecular weight excluding hydrogens is 506 g/mol. The molecule has 39 heavy (non-hydrogen) atoms. The molecule has 0 unspecified atom stereocenters. The fourth-order valence-electron chi connectivity index (χ4n) is 3.39. The van der Waals surface area contributed by atoms with Crippen LogP contribution < -0.4 is 5.32 Å². The predicted octanol–water partition coefficient (Wildman–Crippen LogP) is 3.95. The number of hydrogen-bond donors (Lipinski definition) is 2. The number of aliphatic carboxylic acids is 1. The lowest BCUT2D eigenvalue weighted by molar-refractivity contribution is -0.157. The Morgan fingerprint density at radius 1 is 0.718 bits per heavy atom. The fourth-order valence-corrected chi connectivity index (χ4v) is 3.39. The number of carboxylic acid groups (broad SMARTS) is 1. The van der Waals surface area contributed by atoms with E-state index in [1.54, 1.807) is 45.0 Å². The molecule has 0 aliphatic carbocycles. The van der Waals surface area contributed by atoms with Crippen LogP contribution in [0.5, 0.6) is 0 Å². The van der Waals surface area contributed by atoms with Gasteiger partial charge in [0.25, 0.3) is 5.91 Å². The number of amides is 1. The van der Waals surface area contributed by atoms with Gasteiger partial charge < -0.3 is 24.6 Å². The normalized spacial score (nSPS) is 12.0. The van der Waals surface area contributed by atoms with E-state index in [1.807, 2.05) is 0 Å². The van der Waals surface area contributed by atoms with Gasteiger partial charge in [-0.05, 0) is 63.2 Å². The molecule has 2 atom stereocenters. The maximum absolute atomic E-state index is 13.3. The van der Waals surface area contributed by atoms with E-state index < -0.39 is 42.0 Å². The van der Waals surface area contributed by atoms with Crippen LogP contribution in [0.1, 0.15) is 49.1 Å². The van der Waals surface area contributed by atoms with Crippen molar-refractivity contribution in [1.29, 1.82) is 0 Å². The van der Waals surface area contributed by atoms with E-state index in [0.29, 0.717) is 0 Å². The van der Waals surface area contributed by atoms with Crippen LogP contribution in [-0.2, 0) is 23.8 Å². The summed E-state index contributed by atoms with van der Waals surface area (Å²) in [4.78, 5) is 63.1. The molecule has 0 fully saturated rings. The standard InChI is InChI=1S/C29H27NO9/c1-4-37-27(34)21-6-5-7-22(16-21)30-25(31)23(38-28(35)19-12-8-17(2)9-13-19)24(26(32)33)39-29(36)20-14-10-18(3)11-15-20/h5-16,23-24H,4H2,1-3H3,(H,30,31)(H,32,33)/t23-,24+/m1/s1. The van der Waals surface area contributed by atoms with Crippen molar-refractivity contribution in [1.82, 2.24) is 0 Å². The highest BCUT2D eigenvalue weighted by atomic mass is 16.6. The molecule has 0 aliphatic rings. The zero-order valence-corrected chi connectivity index (χ0v) is 21.5. The third-order valence-corrected chi connectivity index (χ3v) is 5.46. The van der Waals surface area contributed by atoms with E-state index in [-0.39, 0.29) is 29.0 Å². The largest absolute Gasteiger partial charge is 0.478 e. The summed E-state index contributed by atoms with van der Waals surface area (Å²) in [6.07, 6.45) is -4.28. The van der Waals surface area contributed by atoms with Crippen molar-refractivity contribution in [2.45, 2.75) is 33.0 Å². The van der Waals surface area contributed by atoms with Gasteiger partial charge >= 0.3 is 23.9 Å². The van der Waals surface area contributed by atoms with Crippen molar-refractivity contribution in [3.8, 4) is 0 Å². The minimum Gasteiger partial charge on any atom is -0.478 e. The molecule has 2 N–H and O–H groups in total. The Labute approximate surface area is 224 Å². The van der Waals surface area contributed by atoms with Crippen molar-refractivity contribution in [3.05, 3.63) is 101 Å². The second kappa shape index (κ2) is 13.0. The van der Waals surface area contributed by atoms with Crippen LogP contribution in [0.3, 0.4) is 0 Å². The number of ether oxygens (including phenoxy) is 3. The van der Waals surface area contributed by atoms with Gasteiger partial charge in [-0.2, -0.15) is 0 Å². The summed E-state index contributed by atoms with van der Waals surface area (Å²) < 4.78 is 15.4. The maximum atomic E-state index is 13.3. The second-order valence-electron chi connectivity index (χ2n) is 8.51. The number of carbonyl (C=O) groups excluding carboxylic acids is 4. The third-order valence-electron chi connectivity index (χ3n) is 5.46. The van der Waals surface area contributed by atoms with E-state index in [0.717, 1.165) is 11.1 Å². The smallest absolute Gasteiger partial charge is 0.349 e. The number of benzene rings is 3. The summed E-state index contributed by atoms with van der Waals surface area (Å²) >= 11 is 0. The van der Waals surface area contributed by atoms with Crippen LogP contribution in [0.4, 0.5) is 5.69 Å². The molecule has 3 aromatic rings. The molecule has 3 rings (SSSR count). The molecular formula is C29H27NO9. The Balaban J connectivity index is 1.92. The van der Waals surface area contributed by atoms with E-state index in [2.05, 4.69) is 5.32 Å². The minimum atomic E-state index is -2.19. The van der Waals surface area contributed by atoms with Crippen molar-refractivity contribution in [3.63, 3.8) is 0 Å². The summed E-state index contributed by atoms with van der Waals surface area (Å²) in [6.45, 7) is 5.39. The Morgan fingerprint density at radius 2 is 1.23 bits per heavy atom. The van der Waals surface area contributed by atoms with Crippen LogP contribution in [-0.4, -0.2) is 53.7 Å². The lowest BCUT2D eigenvalue weighted by Crippen LogP contribution is -2.48. The van der Waals surface area contributed by atoms with Gasteiger partial charge in [0.05, 0.1) is 23.3 Å². The Bertz CT molecular complexity index is 1360. The summed E-state index contributed by atoms with van der Waals surface area (Å²) in [6, 6.07) is 18.0. The van der Waals surface area contributed by atoms with Crippen molar-refractivity contribution >= 4 is 35.5 Å². The topological polar surface area (TPSA) is 145 Å². The highest BCUT2D eigenvalue weighted by Gasteiger charge is 2.41. The fraction of sp³-hybridized carbons (Fsp3) is 0.207. The monoisotopic (exact) mass is 533 g/mol. The molecule has 0 aliphatic heterocycles. The first-order chi connectivity index (χ1) is 18.6. The molecule has 0 saturated carbocycles. The Kier molecular flexibility index (Phi) is 9.53. The average molecular weight is 534 g/mol. The molecule has 10 nitrogen and oxygen atoms in total. The number of hydrogen-bond acceptors (Lipinski definition) is 8. The van der Waals surface area contributed by atoms with Gasteiger partial charge in [0.2, 0.25) is 12.2 Å². The van der Waals surface area contributed by atoms with Gasteiger partial charge in [-0.3, -0.25) is 4.79 Å². The molecule has 0 radical (unpaired) electrons. The lowest BCUT2D eigenvalue weighted by atomic mass is 10.1. The van der Waals surface area contributed by atoms with Gasteiger partial charge in [-0.25, -0.2) is 19.2 Å². The van der Waals surface area contributed by atoms with Crippen molar-refractivity contribution < 1.29 is 43.3 Å². The van der Waals surface area contributed by atoms with Crippen LogP contribution in [0.25, 0.3) is 0 Å². The Morgan fingerprint density at radius 3 is 1.72 bits per heavy atom. The number of carbonyl (C=O) groups is 5. The highest BCUT2D eigenvalue weighted by molar-refractivity contribution is 6.02.